The third-order valence-corrected chi connectivity index (χ3v) is 5.23. The second-order valence-corrected chi connectivity index (χ2v) is 8.27. The van der Waals surface area contributed by atoms with E-state index in [4.69, 9.17) is 11.6 Å². The molecular weight excluding hydrogens is 444 g/mol. The number of hydrogen-bond acceptors (Lipinski definition) is 7. The summed E-state index contributed by atoms with van der Waals surface area (Å²) in [4.78, 5) is 28.4. The molecule has 0 saturated carbocycles. The predicted octanol–water partition coefficient (Wildman–Crippen LogP) is 3.74. The minimum absolute atomic E-state index is 0.143. The molecule has 33 heavy (non-hydrogen) atoms. The van der Waals surface area contributed by atoms with Gasteiger partial charge in [-0.15, -0.1) is 16.8 Å². The van der Waals surface area contributed by atoms with E-state index >= 15 is 0 Å². The topological polar surface area (TPSA) is 97.4 Å². The van der Waals surface area contributed by atoms with Crippen molar-refractivity contribution in [1.82, 2.24) is 24.6 Å². The number of nitrogens with zero attached hydrogens (tertiary/aromatic N) is 6. The Labute approximate surface area is 197 Å². The number of aromatic nitrogens is 3. The van der Waals surface area contributed by atoms with Crippen molar-refractivity contribution in [2.24, 2.45) is 0 Å². The number of benzene rings is 2. The minimum atomic E-state index is -0.529. The fraction of sp³-hybridized carbons (Fsp3) is 0.261. The summed E-state index contributed by atoms with van der Waals surface area (Å²) in [6.07, 6.45) is 1.78. The maximum atomic E-state index is 13.5. The smallest absolute Gasteiger partial charge is 0.270 e. The highest BCUT2D eigenvalue weighted by Gasteiger charge is 2.25. The van der Waals surface area contributed by atoms with Crippen molar-refractivity contribution in [1.29, 1.82) is 0 Å². The van der Waals surface area contributed by atoms with Gasteiger partial charge in [0.05, 0.1) is 34.3 Å². The van der Waals surface area contributed by atoms with Gasteiger partial charge in [-0.2, -0.15) is 0 Å². The second-order valence-electron chi connectivity index (χ2n) is 7.86. The lowest BCUT2D eigenvalue weighted by Crippen LogP contribution is -2.22. The summed E-state index contributed by atoms with van der Waals surface area (Å²) in [6, 6.07) is 10.8. The van der Waals surface area contributed by atoms with E-state index in [1.54, 1.807) is 41.0 Å². The number of likely N-dealkylation sites (N-methyl/N-ethyl adjacent to an activating group) is 1. The van der Waals surface area contributed by atoms with Crippen LogP contribution in [0.1, 0.15) is 27.6 Å². The number of nitro groups is 1. The molecule has 3 rings (SSSR count). The van der Waals surface area contributed by atoms with Crippen molar-refractivity contribution < 1.29 is 9.72 Å². The molecular formula is C23H25ClN6O3. The normalized spacial score (nSPS) is 11.2. The number of hydrogen-bond donors (Lipinski definition) is 0. The van der Waals surface area contributed by atoms with Gasteiger partial charge in [-0.25, -0.2) is 0 Å². The molecule has 1 heterocycles. The number of nitro benzene ring substituents is 1. The summed E-state index contributed by atoms with van der Waals surface area (Å²) in [5.41, 5.74) is 0.661. The van der Waals surface area contributed by atoms with E-state index in [2.05, 4.69) is 16.8 Å². The molecule has 10 heteroatoms. The van der Waals surface area contributed by atoms with Gasteiger partial charge in [0.15, 0.2) is 17.4 Å². The van der Waals surface area contributed by atoms with E-state index in [9.17, 15) is 14.9 Å². The van der Waals surface area contributed by atoms with E-state index < -0.39 is 10.7 Å². The largest absolute Gasteiger partial charge is 0.302 e. The zero-order chi connectivity index (χ0) is 24.1. The molecule has 0 saturated heterocycles. The van der Waals surface area contributed by atoms with Crippen molar-refractivity contribution >= 4 is 23.1 Å². The van der Waals surface area contributed by atoms with Gasteiger partial charge in [-0.3, -0.25) is 24.4 Å². The Kier molecular flexibility index (Phi) is 7.70. The lowest BCUT2D eigenvalue weighted by Gasteiger charge is -2.19. The van der Waals surface area contributed by atoms with Crippen LogP contribution in [0.15, 0.2) is 55.1 Å². The Bertz CT molecular complexity index is 1190. The van der Waals surface area contributed by atoms with Crippen LogP contribution in [0.5, 0.6) is 0 Å². The molecule has 9 nitrogen and oxygen atoms in total. The van der Waals surface area contributed by atoms with Crippen LogP contribution in [0, 0.1) is 10.1 Å². The number of ketones is 1. The Morgan fingerprint density at radius 1 is 1.12 bits per heavy atom. The summed E-state index contributed by atoms with van der Waals surface area (Å²) in [7, 11) is 5.71. The molecule has 0 aliphatic carbocycles. The van der Waals surface area contributed by atoms with E-state index in [0.29, 0.717) is 37.0 Å². The molecule has 0 aliphatic rings. The van der Waals surface area contributed by atoms with Gasteiger partial charge in [0.1, 0.15) is 0 Å². The fourth-order valence-electron chi connectivity index (χ4n) is 3.45. The van der Waals surface area contributed by atoms with Crippen molar-refractivity contribution in [3.05, 3.63) is 93.0 Å². The van der Waals surface area contributed by atoms with Crippen molar-refractivity contribution in [2.75, 3.05) is 27.7 Å². The fourth-order valence-corrected chi connectivity index (χ4v) is 3.67. The van der Waals surface area contributed by atoms with Crippen LogP contribution in [-0.2, 0) is 13.1 Å². The maximum Gasteiger partial charge on any atom is 0.270 e. The molecule has 0 N–H and O–H groups in total. The standard InChI is InChI=1S/C23H25ClN6O3/c1-5-12-28(4)15-22-26-25-21(14-27(2)3)29(22)20-11-10-16(30(32)33)13-18(20)23(31)17-8-6-7-9-19(17)24/h5-11,13H,1,12,14-15H2,2-4H3. The highest BCUT2D eigenvalue weighted by atomic mass is 35.5. The highest BCUT2D eigenvalue weighted by molar-refractivity contribution is 6.35. The summed E-state index contributed by atoms with van der Waals surface area (Å²) in [5.74, 6) is 0.775. The maximum absolute atomic E-state index is 13.5. The first-order valence-electron chi connectivity index (χ1n) is 10.2. The van der Waals surface area contributed by atoms with Crippen molar-refractivity contribution in [3.8, 4) is 5.69 Å². The molecule has 0 aliphatic heterocycles. The average Bonchev–Trinajstić information content (AvgIpc) is 3.14. The van der Waals surface area contributed by atoms with E-state index in [1.807, 2.05) is 30.9 Å². The van der Waals surface area contributed by atoms with Crippen LogP contribution in [-0.4, -0.2) is 63.0 Å². The Morgan fingerprint density at radius 3 is 2.39 bits per heavy atom. The Balaban J connectivity index is 2.24. The molecule has 0 atom stereocenters. The summed E-state index contributed by atoms with van der Waals surface area (Å²) in [6.45, 7) is 5.27. The first-order valence-corrected chi connectivity index (χ1v) is 10.6. The number of carbonyl (C=O) groups excluding carboxylic acids is 1. The van der Waals surface area contributed by atoms with Gasteiger partial charge in [0.2, 0.25) is 0 Å². The zero-order valence-corrected chi connectivity index (χ0v) is 19.5. The molecule has 0 amide bonds. The lowest BCUT2D eigenvalue weighted by atomic mass is 10.0. The predicted molar refractivity (Wildman–Crippen MR) is 127 cm³/mol. The first kappa shape index (κ1) is 24.2. The van der Waals surface area contributed by atoms with Crippen molar-refractivity contribution in [2.45, 2.75) is 13.1 Å². The quantitative estimate of drug-likeness (QED) is 0.193. The molecule has 0 bridgehead atoms. The van der Waals surface area contributed by atoms with Gasteiger partial charge in [-0.1, -0.05) is 29.8 Å². The molecule has 0 fully saturated rings. The SMILES string of the molecule is C=CCN(C)Cc1nnc(CN(C)C)n1-c1ccc([N+](=O)[O-])cc1C(=O)c1ccccc1Cl. The lowest BCUT2D eigenvalue weighted by molar-refractivity contribution is -0.384. The summed E-state index contributed by atoms with van der Waals surface area (Å²) < 4.78 is 1.79. The van der Waals surface area contributed by atoms with Crippen LogP contribution < -0.4 is 0 Å². The van der Waals surface area contributed by atoms with E-state index in [0.717, 1.165) is 0 Å². The van der Waals surface area contributed by atoms with Crippen LogP contribution in [0.4, 0.5) is 5.69 Å². The Morgan fingerprint density at radius 2 is 1.79 bits per heavy atom. The van der Waals surface area contributed by atoms with Crippen LogP contribution >= 0.6 is 11.6 Å². The van der Waals surface area contributed by atoms with Crippen LogP contribution in [0.25, 0.3) is 5.69 Å². The first-order chi connectivity index (χ1) is 15.7. The molecule has 3 aromatic rings. The Hall–Kier alpha value is -3.40. The van der Waals surface area contributed by atoms with Crippen molar-refractivity contribution in [3.63, 3.8) is 0 Å². The molecule has 0 radical (unpaired) electrons. The molecule has 172 valence electrons. The zero-order valence-electron chi connectivity index (χ0n) is 18.7. The molecule has 0 spiro atoms. The monoisotopic (exact) mass is 468 g/mol. The third-order valence-electron chi connectivity index (χ3n) is 4.90. The number of non-ortho nitro benzene ring substituents is 1. The number of carbonyl (C=O) groups is 1. The minimum Gasteiger partial charge on any atom is -0.302 e. The summed E-state index contributed by atoms with van der Waals surface area (Å²) >= 11 is 6.27. The van der Waals surface area contributed by atoms with Gasteiger partial charge in [-0.05, 0) is 39.3 Å². The van der Waals surface area contributed by atoms with E-state index in [-0.39, 0.29) is 21.8 Å². The average molecular weight is 469 g/mol. The molecule has 0 unspecified atom stereocenters. The van der Waals surface area contributed by atoms with Gasteiger partial charge in [0, 0.05) is 24.2 Å². The van der Waals surface area contributed by atoms with Gasteiger partial charge in [0.25, 0.3) is 5.69 Å². The van der Waals surface area contributed by atoms with E-state index in [1.165, 1.54) is 12.1 Å². The molecule has 2 aromatic carbocycles. The third kappa shape index (κ3) is 5.51. The number of halogens is 1. The molecule has 1 aromatic heterocycles. The second kappa shape index (κ2) is 10.5. The number of rotatable bonds is 10. The summed E-state index contributed by atoms with van der Waals surface area (Å²) in [5, 5.41) is 20.5. The van der Waals surface area contributed by atoms with Crippen LogP contribution in [0.3, 0.4) is 0 Å². The van der Waals surface area contributed by atoms with Gasteiger partial charge >= 0.3 is 0 Å². The highest BCUT2D eigenvalue weighted by Crippen LogP contribution is 2.28. The van der Waals surface area contributed by atoms with Crippen LogP contribution in [0.2, 0.25) is 5.02 Å². The van der Waals surface area contributed by atoms with Gasteiger partial charge < -0.3 is 4.90 Å².